The van der Waals surface area contributed by atoms with Crippen molar-refractivity contribution in [1.82, 2.24) is 14.9 Å². The molecule has 0 aliphatic carbocycles. The summed E-state index contributed by atoms with van der Waals surface area (Å²) in [6.45, 7) is 7.07. The van der Waals surface area contributed by atoms with Crippen LogP contribution in [0.1, 0.15) is 18.7 Å². The van der Waals surface area contributed by atoms with Gasteiger partial charge in [-0.2, -0.15) is 0 Å². The molecule has 0 saturated carbocycles. The summed E-state index contributed by atoms with van der Waals surface area (Å²) >= 11 is 1.72. The number of fused-ring (bicyclic) bond motifs is 1. The van der Waals surface area contributed by atoms with E-state index >= 15 is 0 Å². The molecule has 2 fully saturated rings. The second kappa shape index (κ2) is 9.90. The highest BCUT2D eigenvalue weighted by Gasteiger charge is 2.31. The largest absolute Gasteiger partial charge is 0.368 e. The standard InChI is InChI=1S/C29H31N5OS/c1-21-30-27(25-20-26(36-28(25)31-21)22-8-4-2-5-9-22)33-14-12-23(13-15-33)29(35)34-18-16-32(17-19-34)24-10-6-3-7-11-24/h2-11,20,23H,12-19H2,1H3. The molecule has 7 heteroatoms. The predicted molar refractivity (Wildman–Crippen MR) is 148 cm³/mol. The highest BCUT2D eigenvalue weighted by atomic mass is 32.1. The number of nitrogens with zero attached hydrogens (tertiary/aromatic N) is 5. The summed E-state index contributed by atoms with van der Waals surface area (Å²) in [6.07, 6.45) is 1.75. The third-order valence-electron chi connectivity index (χ3n) is 7.40. The van der Waals surface area contributed by atoms with Gasteiger partial charge >= 0.3 is 0 Å². The molecule has 0 unspecified atom stereocenters. The number of aryl methyl sites for hydroxylation is 1. The van der Waals surface area contributed by atoms with Gasteiger partial charge < -0.3 is 14.7 Å². The average Bonchev–Trinajstić information content (AvgIpc) is 3.37. The average molecular weight is 498 g/mol. The minimum Gasteiger partial charge on any atom is -0.368 e. The molecule has 184 valence electrons. The van der Waals surface area contributed by atoms with Crippen molar-refractivity contribution >= 4 is 39.0 Å². The Morgan fingerprint density at radius 2 is 1.50 bits per heavy atom. The van der Waals surface area contributed by atoms with E-state index in [9.17, 15) is 4.79 Å². The number of rotatable bonds is 4. The van der Waals surface area contributed by atoms with Crippen LogP contribution < -0.4 is 9.80 Å². The molecule has 1 amide bonds. The summed E-state index contributed by atoms with van der Waals surface area (Å²) in [6, 6.07) is 23.2. The molecule has 6 rings (SSSR count). The van der Waals surface area contributed by atoms with Gasteiger partial charge in [-0.3, -0.25) is 4.79 Å². The fraction of sp³-hybridized carbons (Fsp3) is 0.345. The molecule has 0 bridgehead atoms. The Bertz CT molecular complexity index is 1340. The monoisotopic (exact) mass is 497 g/mol. The van der Waals surface area contributed by atoms with Crippen molar-refractivity contribution < 1.29 is 4.79 Å². The van der Waals surface area contributed by atoms with Crippen molar-refractivity contribution in [2.45, 2.75) is 19.8 Å². The Morgan fingerprint density at radius 1 is 0.833 bits per heavy atom. The number of carbonyl (C=O) groups is 1. The van der Waals surface area contributed by atoms with Gasteiger partial charge in [0.2, 0.25) is 5.91 Å². The Labute approximate surface area is 216 Å². The van der Waals surface area contributed by atoms with Crippen LogP contribution in [0.4, 0.5) is 11.5 Å². The summed E-state index contributed by atoms with van der Waals surface area (Å²) < 4.78 is 0. The van der Waals surface area contributed by atoms with Crippen molar-refractivity contribution in [1.29, 1.82) is 0 Å². The molecule has 2 aromatic heterocycles. The van der Waals surface area contributed by atoms with Gasteiger partial charge in [0.05, 0.1) is 5.39 Å². The van der Waals surface area contributed by atoms with Crippen LogP contribution in [0.3, 0.4) is 0 Å². The molecule has 6 nitrogen and oxygen atoms in total. The predicted octanol–water partition coefficient (Wildman–Crippen LogP) is 5.23. The SMILES string of the molecule is Cc1nc(N2CCC(C(=O)N3CCN(c4ccccc4)CC3)CC2)c2cc(-c3ccccc3)sc2n1. The van der Waals surface area contributed by atoms with Crippen molar-refractivity contribution in [3.63, 3.8) is 0 Å². The van der Waals surface area contributed by atoms with Crippen molar-refractivity contribution in [2.24, 2.45) is 5.92 Å². The highest BCUT2D eigenvalue weighted by molar-refractivity contribution is 7.21. The van der Waals surface area contributed by atoms with E-state index in [1.54, 1.807) is 11.3 Å². The van der Waals surface area contributed by atoms with E-state index in [1.807, 2.05) is 19.1 Å². The second-order valence-corrected chi connectivity index (χ2v) is 10.7. The normalized spacial score (nSPS) is 17.1. The number of carbonyl (C=O) groups excluding carboxylic acids is 1. The Balaban J connectivity index is 1.12. The van der Waals surface area contributed by atoms with Gasteiger partial charge in [0.25, 0.3) is 0 Å². The quantitative estimate of drug-likeness (QED) is 0.386. The number of hydrogen-bond acceptors (Lipinski definition) is 6. The maximum Gasteiger partial charge on any atom is 0.225 e. The summed E-state index contributed by atoms with van der Waals surface area (Å²) in [5.74, 6) is 2.24. The van der Waals surface area contributed by atoms with E-state index in [4.69, 9.17) is 9.97 Å². The molecule has 2 aromatic carbocycles. The first-order chi connectivity index (χ1) is 17.7. The molecule has 4 aromatic rings. The molecule has 36 heavy (non-hydrogen) atoms. The Morgan fingerprint density at radius 3 is 2.19 bits per heavy atom. The highest BCUT2D eigenvalue weighted by Crippen LogP contribution is 2.37. The third-order valence-corrected chi connectivity index (χ3v) is 8.48. The number of benzene rings is 2. The minimum absolute atomic E-state index is 0.102. The van der Waals surface area contributed by atoms with Crippen LogP contribution in [0.25, 0.3) is 20.7 Å². The summed E-state index contributed by atoms with van der Waals surface area (Å²) in [7, 11) is 0. The molecule has 2 saturated heterocycles. The number of piperidine rings is 1. The summed E-state index contributed by atoms with van der Waals surface area (Å²) in [5, 5.41) is 1.12. The van der Waals surface area contributed by atoms with E-state index in [0.717, 1.165) is 74.0 Å². The zero-order valence-corrected chi connectivity index (χ0v) is 21.5. The zero-order valence-electron chi connectivity index (χ0n) is 20.6. The summed E-state index contributed by atoms with van der Waals surface area (Å²) in [4.78, 5) is 32.0. The fourth-order valence-electron chi connectivity index (χ4n) is 5.42. The molecular weight excluding hydrogens is 466 g/mol. The van der Waals surface area contributed by atoms with Gasteiger partial charge in [0.1, 0.15) is 16.5 Å². The number of anilines is 2. The van der Waals surface area contributed by atoms with E-state index < -0.39 is 0 Å². The third kappa shape index (κ3) is 4.55. The number of hydrogen-bond donors (Lipinski definition) is 0. The van der Waals surface area contributed by atoms with Crippen LogP contribution in [-0.2, 0) is 4.79 Å². The first-order valence-electron chi connectivity index (χ1n) is 12.8. The van der Waals surface area contributed by atoms with Crippen LogP contribution in [-0.4, -0.2) is 60.0 Å². The maximum absolute atomic E-state index is 13.3. The fourth-order valence-corrected chi connectivity index (χ4v) is 6.49. The van der Waals surface area contributed by atoms with Crippen LogP contribution in [0.2, 0.25) is 0 Å². The van der Waals surface area contributed by atoms with Crippen molar-refractivity contribution in [2.75, 3.05) is 49.1 Å². The molecule has 0 atom stereocenters. The lowest BCUT2D eigenvalue weighted by Gasteiger charge is -2.39. The lowest BCUT2D eigenvalue weighted by Crippen LogP contribution is -2.51. The van der Waals surface area contributed by atoms with Crippen molar-refractivity contribution in [3.05, 3.63) is 72.6 Å². The maximum atomic E-state index is 13.3. The molecule has 2 aliphatic heterocycles. The smallest absolute Gasteiger partial charge is 0.225 e. The van der Waals surface area contributed by atoms with Gasteiger partial charge in [-0.05, 0) is 43.5 Å². The Hall–Kier alpha value is -3.45. The number of piperazine rings is 1. The van der Waals surface area contributed by atoms with E-state index in [0.29, 0.717) is 5.91 Å². The van der Waals surface area contributed by atoms with Crippen molar-refractivity contribution in [3.8, 4) is 10.4 Å². The van der Waals surface area contributed by atoms with Crippen LogP contribution >= 0.6 is 11.3 Å². The van der Waals surface area contributed by atoms with Gasteiger partial charge in [-0.1, -0.05) is 48.5 Å². The second-order valence-electron chi connectivity index (χ2n) is 9.70. The molecule has 0 N–H and O–H groups in total. The topological polar surface area (TPSA) is 52.6 Å². The van der Waals surface area contributed by atoms with Crippen LogP contribution in [0.15, 0.2) is 66.7 Å². The van der Waals surface area contributed by atoms with E-state index in [1.165, 1.54) is 16.1 Å². The van der Waals surface area contributed by atoms with Gasteiger partial charge in [-0.25, -0.2) is 9.97 Å². The van der Waals surface area contributed by atoms with Crippen LogP contribution in [0, 0.1) is 12.8 Å². The summed E-state index contributed by atoms with van der Waals surface area (Å²) in [5.41, 5.74) is 2.45. The van der Waals surface area contributed by atoms with Gasteiger partial charge in [0, 0.05) is 55.8 Å². The Kier molecular flexibility index (Phi) is 6.32. The van der Waals surface area contributed by atoms with Crippen LogP contribution in [0.5, 0.6) is 0 Å². The number of amides is 1. The number of aromatic nitrogens is 2. The lowest BCUT2D eigenvalue weighted by atomic mass is 9.94. The minimum atomic E-state index is 0.102. The van der Waals surface area contributed by atoms with E-state index in [-0.39, 0.29) is 5.92 Å². The van der Waals surface area contributed by atoms with E-state index in [2.05, 4.69) is 69.3 Å². The molecule has 2 aliphatic rings. The zero-order chi connectivity index (χ0) is 24.5. The first kappa shape index (κ1) is 23.0. The van der Waals surface area contributed by atoms with Gasteiger partial charge in [0.15, 0.2) is 0 Å². The molecule has 0 spiro atoms. The first-order valence-corrected chi connectivity index (χ1v) is 13.6. The molecular formula is C29H31N5OS. The molecule has 4 heterocycles. The van der Waals surface area contributed by atoms with Gasteiger partial charge in [-0.15, -0.1) is 11.3 Å². The number of para-hydroxylation sites is 1. The number of thiophene rings is 1. The lowest BCUT2D eigenvalue weighted by molar-refractivity contribution is -0.136. The molecule has 0 radical (unpaired) electrons.